The van der Waals surface area contributed by atoms with Crippen molar-refractivity contribution in [1.82, 2.24) is 9.55 Å². The van der Waals surface area contributed by atoms with Crippen molar-refractivity contribution in [3.63, 3.8) is 0 Å². The molecule has 0 amide bonds. The van der Waals surface area contributed by atoms with Gasteiger partial charge in [-0.25, -0.2) is 9.18 Å². The minimum Gasteiger partial charge on any atom is -0.394 e. The van der Waals surface area contributed by atoms with Crippen molar-refractivity contribution in [2.75, 3.05) is 6.61 Å². The molecule has 0 unspecified atom stereocenters. The van der Waals surface area contributed by atoms with Crippen LogP contribution in [0.4, 0.5) is 4.39 Å². The highest BCUT2D eigenvalue weighted by atomic mass is 19.1. The topological polar surface area (TPSA) is 84.3 Å². The van der Waals surface area contributed by atoms with Crippen LogP contribution >= 0.6 is 0 Å². The van der Waals surface area contributed by atoms with Crippen LogP contribution < -0.4 is 11.2 Å². The maximum Gasteiger partial charge on any atom is 0.330 e. The fraction of sp³-hybridized carbons (Fsp3) is 0.600. The number of nitrogens with zero attached hydrogens (tertiary/aromatic N) is 1. The van der Waals surface area contributed by atoms with Gasteiger partial charge in [0.05, 0.1) is 6.61 Å². The van der Waals surface area contributed by atoms with E-state index in [0.29, 0.717) is 5.56 Å². The Kier molecular flexibility index (Phi) is 3.12. The van der Waals surface area contributed by atoms with Crippen molar-refractivity contribution in [3.8, 4) is 0 Å². The summed E-state index contributed by atoms with van der Waals surface area (Å²) < 4.78 is 19.7. The molecule has 0 spiro atoms. The molecule has 17 heavy (non-hydrogen) atoms. The average Bonchev–Trinajstić information content (AvgIpc) is 2.65. The first-order chi connectivity index (χ1) is 8.02. The number of nitrogens with one attached hydrogen (secondary N) is 1. The van der Waals surface area contributed by atoms with Crippen molar-refractivity contribution < 1.29 is 14.2 Å². The molecule has 3 atom stereocenters. The molecule has 0 aliphatic carbocycles. The molecule has 2 rings (SSSR count). The number of H-pyrrole nitrogens is 1. The summed E-state index contributed by atoms with van der Waals surface area (Å²) in [6, 6.07) is 0. The molecule has 2 heterocycles. The maximum atomic E-state index is 13.4. The molecule has 1 aliphatic heterocycles. The first-order valence-corrected chi connectivity index (χ1v) is 5.25. The van der Waals surface area contributed by atoms with E-state index in [4.69, 9.17) is 9.84 Å². The molecule has 1 aromatic rings. The molecule has 7 heteroatoms. The summed E-state index contributed by atoms with van der Waals surface area (Å²) in [5.74, 6) is 0. The highest BCUT2D eigenvalue weighted by Crippen LogP contribution is 2.29. The van der Waals surface area contributed by atoms with E-state index in [1.54, 1.807) is 6.92 Å². The number of aliphatic hydroxyl groups excluding tert-OH is 1. The summed E-state index contributed by atoms with van der Waals surface area (Å²) in [5.41, 5.74) is -0.771. The summed E-state index contributed by atoms with van der Waals surface area (Å²) in [5, 5.41) is 8.86. The Balaban J connectivity index is 2.34. The minimum absolute atomic E-state index is 0.0172. The van der Waals surface area contributed by atoms with Gasteiger partial charge >= 0.3 is 5.69 Å². The SMILES string of the molecule is Cc1cn([C@H]2C[C@@H](F)[C@@H](CO)O2)c(=O)[nH]c1=O. The molecule has 6 nitrogen and oxygen atoms in total. The van der Waals surface area contributed by atoms with Gasteiger partial charge in [0.15, 0.2) is 0 Å². The Morgan fingerprint density at radius 3 is 2.94 bits per heavy atom. The normalized spacial score (nSPS) is 28.5. The number of aliphatic hydroxyl groups is 1. The Hall–Kier alpha value is -1.47. The van der Waals surface area contributed by atoms with Gasteiger partial charge in [-0.1, -0.05) is 0 Å². The number of hydrogen-bond acceptors (Lipinski definition) is 4. The summed E-state index contributed by atoms with van der Waals surface area (Å²) in [6.45, 7) is 1.11. The first kappa shape index (κ1) is 12.0. The van der Waals surface area contributed by atoms with Crippen LogP contribution in [0.5, 0.6) is 0 Å². The van der Waals surface area contributed by atoms with Crippen LogP contribution in [0.25, 0.3) is 0 Å². The molecule has 1 aliphatic rings. The Morgan fingerprint density at radius 2 is 2.35 bits per heavy atom. The van der Waals surface area contributed by atoms with Crippen molar-refractivity contribution in [3.05, 3.63) is 32.6 Å². The van der Waals surface area contributed by atoms with E-state index in [0.717, 1.165) is 4.57 Å². The van der Waals surface area contributed by atoms with Crippen LogP contribution in [-0.4, -0.2) is 33.5 Å². The fourth-order valence-corrected chi connectivity index (χ4v) is 1.82. The second-order valence-electron chi connectivity index (χ2n) is 4.04. The van der Waals surface area contributed by atoms with Crippen molar-refractivity contribution in [2.24, 2.45) is 0 Å². The van der Waals surface area contributed by atoms with E-state index >= 15 is 0 Å². The molecule has 1 fully saturated rings. The number of alkyl halides is 1. The van der Waals surface area contributed by atoms with Crippen LogP contribution in [0.2, 0.25) is 0 Å². The van der Waals surface area contributed by atoms with Gasteiger partial charge in [-0.3, -0.25) is 14.3 Å². The van der Waals surface area contributed by atoms with Gasteiger partial charge in [0.1, 0.15) is 18.5 Å². The van der Waals surface area contributed by atoms with Gasteiger partial charge in [-0.15, -0.1) is 0 Å². The summed E-state index contributed by atoms with van der Waals surface area (Å²) in [7, 11) is 0. The quantitative estimate of drug-likeness (QED) is 0.732. The van der Waals surface area contributed by atoms with Crippen LogP contribution in [0, 0.1) is 6.92 Å². The first-order valence-electron chi connectivity index (χ1n) is 5.25. The number of halogens is 1. The molecule has 1 aromatic heterocycles. The van der Waals surface area contributed by atoms with Gasteiger partial charge in [0, 0.05) is 18.2 Å². The molecule has 2 N–H and O–H groups in total. The Labute approximate surface area is 95.7 Å². The monoisotopic (exact) mass is 244 g/mol. The largest absolute Gasteiger partial charge is 0.394 e. The van der Waals surface area contributed by atoms with Crippen molar-refractivity contribution in [1.29, 1.82) is 0 Å². The molecule has 1 saturated heterocycles. The van der Waals surface area contributed by atoms with Crippen LogP contribution in [-0.2, 0) is 4.74 Å². The zero-order valence-corrected chi connectivity index (χ0v) is 9.22. The molecule has 0 aromatic carbocycles. The lowest BCUT2D eigenvalue weighted by Gasteiger charge is -2.14. The van der Waals surface area contributed by atoms with Gasteiger partial charge in [-0.2, -0.15) is 0 Å². The van der Waals surface area contributed by atoms with Crippen LogP contribution in [0.1, 0.15) is 18.2 Å². The third-order valence-electron chi connectivity index (χ3n) is 2.80. The fourth-order valence-electron chi connectivity index (χ4n) is 1.82. The summed E-state index contributed by atoms with van der Waals surface area (Å²) >= 11 is 0. The van der Waals surface area contributed by atoms with Gasteiger partial charge in [0.2, 0.25) is 0 Å². The van der Waals surface area contributed by atoms with Gasteiger partial charge in [0.25, 0.3) is 5.56 Å². The number of aryl methyl sites for hydroxylation is 1. The Morgan fingerprint density at radius 1 is 1.65 bits per heavy atom. The molecule has 94 valence electrons. The average molecular weight is 244 g/mol. The van der Waals surface area contributed by atoms with E-state index in [9.17, 15) is 14.0 Å². The standard InChI is InChI=1S/C10H13FN2O4/c1-5-3-13(10(16)12-9(5)15)8-2-6(11)7(4-14)17-8/h3,6-8,14H,2,4H2,1H3,(H,12,15,16)/t6-,7-,8-/m1/s1. The van der Waals surface area contributed by atoms with E-state index in [-0.39, 0.29) is 6.42 Å². The van der Waals surface area contributed by atoms with E-state index in [1.807, 2.05) is 0 Å². The van der Waals surface area contributed by atoms with Crippen LogP contribution in [0.15, 0.2) is 15.8 Å². The third-order valence-corrected chi connectivity index (χ3v) is 2.80. The second kappa shape index (κ2) is 4.42. The minimum atomic E-state index is -1.32. The second-order valence-corrected chi connectivity index (χ2v) is 4.04. The summed E-state index contributed by atoms with van der Waals surface area (Å²) in [4.78, 5) is 24.8. The Bertz CT molecular complexity index is 524. The van der Waals surface area contributed by atoms with E-state index in [1.165, 1.54) is 6.20 Å². The number of hydrogen-bond donors (Lipinski definition) is 2. The highest BCUT2D eigenvalue weighted by molar-refractivity contribution is 5.02. The summed E-state index contributed by atoms with van der Waals surface area (Å²) in [6.07, 6.45) is -1.71. The van der Waals surface area contributed by atoms with Crippen molar-refractivity contribution in [2.45, 2.75) is 31.8 Å². The molecule has 0 saturated carbocycles. The van der Waals surface area contributed by atoms with Gasteiger partial charge in [-0.05, 0) is 6.92 Å². The van der Waals surface area contributed by atoms with E-state index in [2.05, 4.69) is 4.98 Å². The molecule has 0 bridgehead atoms. The zero-order valence-electron chi connectivity index (χ0n) is 9.22. The number of ether oxygens (including phenoxy) is 1. The number of aromatic nitrogens is 2. The predicted molar refractivity (Wildman–Crippen MR) is 56.6 cm³/mol. The third kappa shape index (κ3) is 2.16. The van der Waals surface area contributed by atoms with Crippen molar-refractivity contribution >= 4 is 0 Å². The lowest BCUT2D eigenvalue weighted by Crippen LogP contribution is -2.33. The van der Waals surface area contributed by atoms with Gasteiger partial charge < -0.3 is 9.84 Å². The zero-order chi connectivity index (χ0) is 12.6. The number of rotatable bonds is 2. The molecule has 0 radical (unpaired) electrons. The van der Waals surface area contributed by atoms with Crippen LogP contribution in [0.3, 0.4) is 0 Å². The molecular formula is C10H13FN2O4. The lowest BCUT2D eigenvalue weighted by atomic mass is 10.2. The lowest BCUT2D eigenvalue weighted by molar-refractivity contribution is -0.0356. The maximum absolute atomic E-state index is 13.4. The smallest absolute Gasteiger partial charge is 0.330 e. The van der Waals surface area contributed by atoms with E-state index < -0.39 is 36.4 Å². The predicted octanol–water partition coefficient (Wildman–Crippen LogP) is -0.537. The highest BCUT2D eigenvalue weighted by Gasteiger charge is 2.36. The number of aromatic amines is 1. The molecular weight excluding hydrogens is 231 g/mol.